The second kappa shape index (κ2) is 5.74. The van der Waals surface area contributed by atoms with Gasteiger partial charge in [-0.3, -0.25) is 0 Å². The van der Waals surface area contributed by atoms with E-state index in [9.17, 15) is 0 Å². The van der Waals surface area contributed by atoms with Crippen molar-refractivity contribution in [2.75, 3.05) is 0 Å². The zero-order valence-electron chi connectivity index (χ0n) is 8.58. The molecule has 14 heavy (non-hydrogen) atoms. The molecule has 1 aromatic rings. The summed E-state index contributed by atoms with van der Waals surface area (Å²) in [4.78, 5) is 2.90. The number of hydrogen-bond donors (Lipinski definition) is 1. The van der Waals surface area contributed by atoms with Gasteiger partial charge in [0.05, 0.1) is 0 Å². The van der Waals surface area contributed by atoms with Crippen LogP contribution in [0.25, 0.3) is 0 Å². The van der Waals surface area contributed by atoms with Crippen LogP contribution in [0, 0.1) is 6.92 Å². The molecule has 1 nitrogen and oxygen atoms in total. The molecule has 0 spiro atoms. The maximum atomic E-state index is 3.62. The van der Waals surface area contributed by atoms with Crippen molar-refractivity contribution in [3.05, 3.63) is 21.9 Å². The van der Waals surface area contributed by atoms with Gasteiger partial charge in [-0.15, -0.1) is 23.7 Å². The second-order valence-corrected chi connectivity index (χ2v) is 5.25. The molecular weight excluding hydrogens is 214 g/mol. The van der Waals surface area contributed by atoms with Gasteiger partial charge in [0.25, 0.3) is 0 Å². The van der Waals surface area contributed by atoms with Gasteiger partial charge >= 0.3 is 0 Å². The van der Waals surface area contributed by atoms with Crippen molar-refractivity contribution < 1.29 is 0 Å². The first-order chi connectivity index (χ1) is 6.34. The van der Waals surface area contributed by atoms with E-state index in [1.807, 2.05) is 11.3 Å². The van der Waals surface area contributed by atoms with Crippen molar-refractivity contribution in [2.45, 2.75) is 45.2 Å². The molecule has 0 amide bonds. The van der Waals surface area contributed by atoms with Crippen LogP contribution >= 0.6 is 23.7 Å². The van der Waals surface area contributed by atoms with Crippen molar-refractivity contribution in [3.63, 3.8) is 0 Å². The molecule has 1 heterocycles. The fourth-order valence-electron chi connectivity index (χ4n) is 1.95. The predicted octanol–water partition coefficient (Wildman–Crippen LogP) is 3.51. The average molecular weight is 232 g/mol. The zero-order chi connectivity index (χ0) is 9.10. The summed E-state index contributed by atoms with van der Waals surface area (Å²) in [7, 11) is 0. The molecule has 0 aliphatic heterocycles. The first kappa shape index (κ1) is 12.0. The Morgan fingerprint density at radius 1 is 1.36 bits per heavy atom. The Labute approximate surface area is 96.3 Å². The summed E-state index contributed by atoms with van der Waals surface area (Å²) >= 11 is 1.91. The van der Waals surface area contributed by atoms with Gasteiger partial charge < -0.3 is 5.32 Å². The molecule has 1 saturated carbocycles. The lowest BCUT2D eigenvalue weighted by molar-refractivity contribution is 0.527. The Morgan fingerprint density at radius 3 is 2.64 bits per heavy atom. The summed E-state index contributed by atoms with van der Waals surface area (Å²) in [6.07, 6.45) is 5.59. The lowest BCUT2D eigenvalue weighted by atomic mass is 10.2. The van der Waals surface area contributed by atoms with E-state index in [0.29, 0.717) is 0 Å². The van der Waals surface area contributed by atoms with Crippen molar-refractivity contribution in [1.29, 1.82) is 0 Å². The summed E-state index contributed by atoms with van der Waals surface area (Å²) < 4.78 is 0. The SMILES string of the molecule is Cc1ccc(CNC2CCCC2)s1.Cl. The van der Waals surface area contributed by atoms with Crippen LogP contribution in [0.3, 0.4) is 0 Å². The average Bonchev–Trinajstić information content (AvgIpc) is 2.71. The number of hydrogen-bond acceptors (Lipinski definition) is 2. The number of halogens is 1. The highest BCUT2D eigenvalue weighted by Crippen LogP contribution is 2.19. The zero-order valence-corrected chi connectivity index (χ0v) is 10.2. The van der Waals surface area contributed by atoms with E-state index in [0.717, 1.165) is 12.6 Å². The normalized spacial score (nSPS) is 16.9. The molecule has 0 saturated heterocycles. The maximum absolute atomic E-state index is 3.62. The Balaban J connectivity index is 0.000000980. The summed E-state index contributed by atoms with van der Waals surface area (Å²) in [5.41, 5.74) is 0. The lowest BCUT2D eigenvalue weighted by Crippen LogP contribution is -2.24. The Kier molecular flexibility index (Phi) is 4.93. The topological polar surface area (TPSA) is 12.0 Å². The van der Waals surface area contributed by atoms with E-state index in [-0.39, 0.29) is 12.4 Å². The third kappa shape index (κ3) is 3.26. The molecule has 1 N–H and O–H groups in total. The van der Waals surface area contributed by atoms with Crippen LogP contribution in [0.1, 0.15) is 35.4 Å². The quantitative estimate of drug-likeness (QED) is 0.840. The minimum Gasteiger partial charge on any atom is -0.309 e. The Bertz CT molecular complexity index is 266. The molecule has 0 bridgehead atoms. The second-order valence-electron chi connectivity index (χ2n) is 3.87. The van der Waals surface area contributed by atoms with E-state index in [1.165, 1.54) is 35.4 Å². The molecule has 80 valence electrons. The number of rotatable bonds is 3. The molecule has 0 radical (unpaired) electrons. The van der Waals surface area contributed by atoms with Gasteiger partial charge in [-0.05, 0) is 31.9 Å². The van der Waals surface area contributed by atoms with Crippen molar-refractivity contribution >= 4 is 23.7 Å². The van der Waals surface area contributed by atoms with Gasteiger partial charge in [-0.2, -0.15) is 0 Å². The van der Waals surface area contributed by atoms with Crippen molar-refractivity contribution in [1.82, 2.24) is 5.32 Å². The van der Waals surface area contributed by atoms with Gasteiger partial charge in [0.1, 0.15) is 0 Å². The van der Waals surface area contributed by atoms with Crippen molar-refractivity contribution in [3.8, 4) is 0 Å². The van der Waals surface area contributed by atoms with Crippen LogP contribution in [0.5, 0.6) is 0 Å². The Morgan fingerprint density at radius 2 is 2.07 bits per heavy atom. The Hall–Kier alpha value is -0.0500. The van der Waals surface area contributed by atoms with E-state index >= 15 is 0 Å². The van der Waals surface area contributed by atoms with Crippen molar-refractivity contribution in [2.24, 2.45) is 0 Å². The van der Waals surface area contributed by atoms with Gasteiger partial charge in [0, 0.05) is 22.3 Å². The minimum absolute atomic E-state index is 0. The van der Waals surface area contributed by atoms with E-state index in [2.05, 4.69) is 24.4 Å². The number of aryl methyl sites for hydroxylation is 1. The molecule has 1 aliphatic rings. The smallest absolute Gasteiger partial charge is 0.0302 e. The lowest BCUT2D eigenvalue weighted by Gasteiger charge is -2.09. The molecule has 0 aromatic carbocycles. The maximum Gasteiger partial charge on any atom is 0.0302 e. The first-order valence-corrected chi connectivity index (χ1v) is 5.95. The first-order valence-electron chi connectivity index (χ1n) is 5.13. The van der Waals surface area contributed by atoms with Gasteiger partial charge in [-0.25, -0.2) is 0 Å². The van der Waals surface area contributed by atoms with Crippen LogP contribution < -0.4 is 5.32 Å². The molecule has 1 aliphatic carbocycles. The van der Waals surface area contributed by atoms with Gasteiger partial charge in [0.15, 0.2) is 0 Å². The molecule has 1 aromatic heterocycles. The third-order valence-electron chi connectivity index (χ3n) is 2.72. The molecule has 0 unspecified atom stereocenters. The standard InChI is InChI=1S/C11H17NS.ClH/c1-9-6-7-11(13-9)8-12-10-4-2-3-5-10;/h6-7,10,12H,2-5,8H2,1H3;1H. The predicted molar refractivity (Wildman–Crippen MR) is 65.4 cm³/mol. The van der Waals surface area contributed by atoms with E-state index < -0.39 is 0 Å². The molecule has 0 atom stereocenters. The van der Waals surface area contributed by atoms with E-state index in [4.69, 9.17) is 0 Å². The fourth-order valence-corrected chi connectivity index (χ4v) is 2.80. The minimum atomic E-state index is 0. The number of nitrogens with one attached hydrogen (secondary N) is 1. The summed E-state index contributed by atoms with van der Waals surface area (Å²) in [6, 6.07) is 5.24. The fraction of sp³-hybridized carbons (Fsp3) is 0.636. The van der Waals surface area contributed by atoms with Gasteiger partial charge in [-0.1, -0.05) is 12.8 Å². The molecule has 3 heteroatoms. The highest BCUT2D eigenvalue weighted by molar-refractivity contribution is 7.11. The van der Waals surface area contributed by atoms with Gasteiger partial charge in [0.2, 0.25) is 0 Å². The van der Waals surface area contributed by atoms with Crippen LogP contribution in [0.15, 0.2) is 12.1 Å². The van der Waals surface area contributed by atoms with Crippen LogP contribution in [-0.2, 0) is 6.54 Å². The monoisotopic (exact) mass is 231 g/mol. The summed E-state index contributed by atoms with van der Waals surface area (Å²) in [6.45, 7) is 3.24. The molecule has 1 fully saturated rings. The summed E-state index contributed by atoms with van der Waals surface area (Å²) in [5.74, 6) is 0. The molecule has 2 rings (SSSR count). The molecular formula is C11H18ClNS. The van der Waals surface area contributed by atoms with Crippen LogP contribution in [0.4, 0.5) is 0 Å². The van der Waals surface area contributed by atoms with E-state index in [1.54, 1.807) is 0 Å². The summed E-state index contributed by atoms with van der Waals surface area (Å²) in [5, 5.41) is 3.62. The highest BCUT2D eigenvalue weighted by Gasteiger charge is 2.13. The van der Waals surface area contributed by atoms with Crippen LogP contribution in [0.2, 0.25) is 0 Å². The highest BCUT2D eigenvalue weighted by atomic mass is 35.5. The number of thiophene rings is 1. The largest absolute Gasteiger partial charge is 0.309 e. The third-order valence-corrected chi connectivity index (χ3v) is 3.72. The van der Waals surface area contributed by atoms with Crippen LogP contribution in [-0.4, -0.2) is 6.04 Å².